The van der Waals surface area contributed by atoms with E-state index in [0.29, 0.717) is 0 Å². The SMILES string of the molecule is OC[C@H]1O[C@H](O[C@H]2[C@@H](O)[C@H](O)[C@@H](CO)O[C@H]2O)[C@H](O)[C@@H](O)[C@@H]1O. The van der Waals surface area contributed by atoms with Crippen LogP contribution in [-0.4, -0.2) is 115 Å². The second kappa shape index (κ2) is 7.63. The normalized spacial score (nSPS) is 51.7. The molecule has 0 amide bonds. The van der Waals surface area contributed by atoms with Crippen LogP contribution in [0.1, 0.15) is 0 Å². The standard InChI is InChI=1S/C12H22O11/c13-1-3-6(16)8(18)10(11(20)21-3)23-12-9(19)7(17)5(15)4(2-14)22-12/h3-20H,1-2H2/t3-,4-,5-,6-,7+,8+,9-,10+,11-,12-/m1/s1. The van der Waals surface area contributed by atoms with Gasteiger partial charge in [-0.2, -0.15) is 0 Å². The first-order valence-electron chi connectivity index (χ1n) is 7.08. The largest absolute Gasteiger partial charge is 0.394 e. The third-order valence-electron chi connectivity index (χ3n) is 3.98. The summed E-state index contributed by atoms with van der Waals surface area (Å²) in [7, 11) is 0. The Morgan fingerprint density at radius 2 is 1.17 bits per heavy atom. The number of aliphatic hydroxyl groups excluding tert-OH is 8. The molecule has 0 radical (unpaired) electrons. The molecule has 0 bridgehead atoms. The minimum absolute atomic E-state index is 0.651. The molecule has 2 aliphatic rings. The fraction of sp³-hybridized carbons (Fsp3) is 1.00. The van der Waals surface area contributed by atoms with Crippen molar-refractivity contribution in [3.63, 3.8) is 0 Å². The Hall–Kier alpha value is -0.440. The number of hydrogen-bond acceptors (Lipinski definition) is 11. The molecule has 0 unspecified atom stereocenters. The van der Waals surface area contributed by atoms with Gasteiger partial charge in [0.25, 0.3) is 0 Å². The lowest BCUT2D eigenvalue weighted by atomic mass is 9.97. The van der Waals surface area contributed by atoms with Crippen LogP contribution >= 0.6 is 0 Å². The molecular weight excluding hydrogens is 320 g/mol. The van der Waals surface area contributed by atoms with E-state index >= 15 is 0 Å². The zero-order chi connectivity index (χ0) is 17.3. The molecular formula is C12H22O11. The molecule has 11 heteroatoms. The molecule has 2 rings (SSSR count). The second-order valence-electron chi connectivity index (χ2n) is 5.53. The van der Waals surface area contributed by atoms with Gasteiger partial charge in [0.15, 0.2) is 12.6 Å². The highest BCUT2D eigenvalue weighted by molar-refractivity contribution is 4.93. The number of rotatable bonds is 4. The monoisotopic (exact) mass is 342 g/mol. The van der Waals surface area contributed by atoms with Gasteiger partial charge in [-0.3, -0.25) is 0 Å². The molecule has 2 aliphatic heterocycles. The van der Waals surface area contributed by atoms with Crippen LogP contribution in [0.2, 0.25) is 0 Å². The molecule has 0 aromatic heterocycles. The van der Waals surface area contributed by atoms with E-state index in [4.69, 9.17) is 24.4 Å². The summed E-state index contributed by atoms with van der Waals surface area (Å²) in [4.78, 5) is 0. The summed E-state index contributed by atoms with van der Waals surface area (Å²) in [5, 5.41) is 76.7. The highest BCUT2D eigenvalue weighted by Crippen LogP contribution is 2.28. The maximum absolute atomic E-state index is 9.94. The fourth-order valence-electron chi connectivity index (χ4n) is 2.55. The third-order valence-corrected chi connectivity index (χ3v) is 3.98. The molecule has 0 aliphatic carbocycles. The van der Waals surface area contributed by atoms with Gasteiger partial charge in [-0.05, 0) is 0 Å². The van der Waals surface area contributed by atoms with Crippen molar-refractivity contribution in [2.24, 2.45) is 0 Å². The summed E-state index contributed by atoms with van der Waals surface area (Å²) in [6, 6.07) is 0. The van der Waals surface area contributed by atoms with Crippen LogP contribution in [0.25, 0.3) is 0 Å². The molecule has 2 heterocycles. The third kappa shape index (κ3) is 3.65. The Morgan fingerprint density at radius 1 is 0.652 bits per heavy atom. The van der Waals surface area contributed by atoms with Gasteiger partial charge in [-0.25, -0.2) is 0 Å². The van der Waals surface area contributed by atoms with Gasteiger partial charge in [0, 0.05) is 0 Å². The van der Waals surface area contributed by atoms with Gasteiger partial charge in [-0.15, -0.1) is 0 Å². The molecule has 0 spiro atoms. The first-order chi connectivity index (χ1) is 10.8. The maximum atomic E-state index is 9.94. The number of aliphatic hydroxyl groups is 8. The van der Waals surface area contributed by atoms with E-state index in [2.05, 4.69) is 0 Å². The quantitative estimate of drug-likeness (QED) is 0.243. The van der Waals surface area contributed by atoms with Crippen molar-refractivity contribution in [3.05, 3.63) is 0 Å². The molecule has 10 atom stereocenters. The molecule has 2 fully saturated rings. The van der Waals surface area contributed by atoms with E-state index in [-0.39, 0.29) is 0 Å². The van der Waals surface area contributed by atoms with Crippen LogP contribution in [-0.2, 0) is 14.2 Å². The molecule has 0 aromatic rings. The van der Waals surface area contributed by atoms with Gasteiger partial charge in [0.05, 0.1) is 13.2 Å². The highest BCUT2D eigenvalue weighted by Gasteiger charge is 2.50. The van der Waals surface area contributed by atoms with E-state index in [1.807, 2.05) is 0 Å². The maximum Gasteiger partial charge on any atom is 0.187 e. The lowest BCUT2D eigenvalue weighted by Gasteiger charge is -2.44. The van der Waals surface area contributed by atoms with Crippen LogP contribution in [0.5, 0.6) is 0 Å². The van der Waals surface area contributed by atoms with Crippen molar-refractivity contribution in [1.82, 2.24) is 0 Å². The predicted octanol–water partition coefficient (Wildman–Crippen LogP) is -5.40. The van der Waals surface area contributed by atoms with Gasteiger partial charge in [0.1, 0.15) is 48.8 Å². The van der Waals surface area contributed by atoms with Crippen LogP contribution in [0, 0.1) is 0 Å². The number of ether oxygens (including phenoxy) is 3. The fourth-order valence-corrected chi connectivity index (χ4v) is 2.55. The first kappa shape index (κ1) is 18.9. The summed E-state index contributed by atoms with van der Waals surface area (Å²) in [5.74, 6) is 0. The van der Waals surface area contributed by atoms with Crippen molar-refractivity contribution in [2.45, 2.75) is 61.4 Å². The van der Waals surface area contributed by atoms with Crippen LogP contribution < -0.4 is 0 Å². The smallest absolute Gasteiger partial charge is 0.187 e. The van der Waals surface area contributed by atoms with Crippen molar-refractivity contribution >= 4 is 0 Å². The zero-order valence-corrected chi connectivity index (χ0v) is 12.0. The molecule has 0 saturated carbocycles. The Bertz CT molecular complexity index is 380. The van der Waals surface area contributed by atoms with E-state index in [1.54, 1.807) is 0 Å². The Labute approximate surface area is 130 Å². The van der Waals surface area contributed by atoms with E-state index < -0.39 is 74.6 Å². The van der Waals surface area contributed by atoms with E-state index in [1.165, 1.54) is 0 Å². The molecule has 2 saturated heterocycles. The van der Waals surface area contributed by atoms with Gasteiger partial charge >= 0.3 is 0 Å². The van der Waals surface area contributed by atoms with Crippen LogP contribution in [0.15, 0.2) is 0 Å². The lowest BCUT2D eigenvalue weighted by Crippen LogP contribution is -2.64. The summed E-state index contributed by atoms with van der Waals surface area (Å²) in [6.07, 6.45) is -15.6. The molecule has 8 N–H and O–H groups in total. The van der Waals surface area contributed by atoms with Crippen molar-refractivity contribution in [2.75, 3.05) is 13.2 Å². The van der Waals surface area contributed by atoms with Gasteiger partial charge in [-0.1, -0.05) is 0 Å². The second-order valence-corrected chi connectivity index (χ2v) is 5.53. The zero-order valence-electron chi connectivity index (χ0n) is 12.0. The van der Waals surface area contributed by atoms with Gasteiger partial charge < -0.3 is 55.1 Å². The Morgan fingerprint density at radius 3 is 1.74 bits per heavy atom. The minimum atomic E-state index is -1.75. The summed E-state index contributed by atoms with van der Waals surface area (Å²) >= 11 is 0. The molecule has 23 heavy (non-hydrogen) atoms. The van der Waals surface area contributed by atoms with E-state index in [0.717, 1.165) is 0 Å². The summed E-state index contributed by atoms with van der Waals surface area (Å²) in [6.45, 7) is -1.33. The van der Waals surface area contributed by atoms with Crippen molar-refractivity contribution in [1.29, 1.82) is 0 Å². The molecule has 11 nitrogen and oxygen atoms in total. The summed E-state index contributed by atoms with van der Waals surface area (Å²) < 4.78 is 15.1. The Balaban J connectivity index is 2.08. The highest BCUT2D eigenvalue weighted by atomic mass is 16.7. The topological polar surface area (TPSA) is 190 Å². The predicted molar refractivity (Wildman–Crippen MR) is 68.6 cm³/mol. The molecule has 136 valence electrons. The first-order valence-corrected chi connectivity index (χ1v) is 7.08. The van der Waals surface area contributed by atoms with Gasteiger partial charge in [0.2, 0.25) is 0 Å². The van der Waals surface area contributed by atoms with Crippen LogP contribution in [0.3, 0.4) is 0 Å². The Kier molecular flexibility index (Phi) is 6.27. The van der Waals surface area contributed by atoms with Crippen molar-refractivity contribution in [3.8, 4) is 0 Å². The van der Waals surface area contributed by atoms with E-state index in [9.17, 15) is 30.6 Å². The lowest BCUT2D eigenvalue weighted by molar-refractivity contribution is -0.361. The average molecular weight is 342 g/mol. The number of hydrogen-bond donors (Lipinski definition) is 8. The van der Waals surface area contributed by atoms with Crippen LogP contribution in [0.4, 0.5) is 0 Å². The average Bonchev–Trinajstić information content (AvgIpc) is 2.54. The summed E-state index contributed by atoms with van der Waals surface area (Å²) in [5.41, 5.74) is 0. The molecule has 0 aromatic carbocycles. The van der Waals surface area contributed by atoms with Crippen molar-refractivity contribution < 1.29 is 55.1 Å². The minimum Gasteiger partial charge on any atom is -0.394 e.